The van der Waals surface area contributed by atoms with Crippen molar-refractivity contribution < 1.29 is 13.5 Å². The minimum Gasteiger partial charge on any atom is -0.496 e. The van der Waals surface area contributed by atoms with Crippen molar-refractivity contribution in [1.29, 1.82) is 0 Å². The number of nitrogens with one attached hydrogen (secondary N) is 1. The smallest absolute Gasteiger partial charge is 0.159 e. The predicted molar refractivity (Wildman–Crippen MR) is 74.6 cm³/mol. The van der Waals surface area contributed by atoms with E-state index in [9.17, 15) is 8.78 Å². The lowest BCUT2D eigenvalue weighted by Gasteiger charge is -2.17. The van der Waals surface area contributed by atoms with Crippen LogP contribution in [0.3, 0.4) is 0 Å². The molecule has 0 spiro atoms. The third kappa shape index (κ3) is 3.33. The standard InChI is InChI=1S/C16H17F2NO/c1-11(13-5-3-4-6-16(13)20-2)19-10-12-7-8-14(17)15(18)9-12/h3-9,11,19H,10H2,1-2H3/t11-/m0/s1. The largest absolute Gasteiger partial charge is 0.496 e. The van der Waals surface area contributed by atoms with Crippen LogP contribution in [0.15, 0.2) is 42.5 Å². The summed E-state index contributed by atoms with van der Waals surface area (Å²) in [6.45, 7) is 2.45. The van der Waals surface area contributed by atoms with Gasteiger partial charge in [-0.25, -0.2) is 8.78 Å². The molecule has 0 aliphatic rings. The maximum atomic E-state index is 13.1. The molecule has 1 atom stereocenters. The summed E-state index contributed by atoms with van der Waals surface area (Å²) >= 11 is 0. The van der Waals surface area contributed by atoms with Crippen molar-refractivity contribution in [2.24, 2.45) is 0 Å². The van der Waals surface area contributed by atoms with E-state index in [1.54, 1.807) is 13.2 Å². The van der Waals surface area contributed by atoms with Crippen LogP contribution >= 0.6 is 0 Å². The van der Waals surface area contributed by atoms with Gasteiger partial charge in [0.25, 0.3) is 0 Å². The molecule has 0 saturated carbocycles. The first kappa shape index (κ1) is 14.5. The highest BCUT2D eigenvalue weighted by atomic mass is 19.2. The molecule has 2 aromatic carbocycles. The topological polar surface area (TPSA) is 21.3 Å². The zero-order valence-corrected chi connectivity index (χ0v) is 11.5. The molecule has 0 bridgehead atoms. The van der Waals surface area contributed by atoms with E-state index in [1.807, 2.05) is 31.2 Å². The normalized spacial score (nSPS) is 12.2. The van der Waals surface area contributed by atoms with Gasteiger partial charge < -0.3 is 10.1 Å². The van der Waals surface area contributed by atoms with Gasteiger partial charge in [0, 0.05) is 18.2 Å². The van der Waals surface area contributed by atoms with E-state index in [-0.39, 0.29) is 6.04 Å². The third-order valence-corrected chi connectivity index (χ3v) is 3.20. The van der Waals surface area contributed by atoms with Gasteiger partial charge in [0.05, 0.1) is 7.11 Å². The SMILES string of the molecule is COc1ccccc1[C@H](C)NCc1ccc(F)c(F)c1. The predicted octanol–water partition coefficient (Wildman–Crippen LogP) is 3.82. The highest BCUT2D eigenvalue weighted by Gasteiger charge is 2.10. The number of hydrogen-bond donors (Lipinski definition) is 1. The van der Waals surface area contributed by atoms with E-state index in [0.717, 1.165) is 17.4 Å². The van der Waals surface area contributed by atoms with E-state index in [2.05, 4.69) is 5.32 Å². The average Bonchev–Trinajstić information content (AvgIpc) is 2.48. The molecule has 0 heterocycles. The summed E-state index contributed by atoms with van der Waals surface area (Å²) < 4.78 is 31.3. The van der Waals surface area contributed by atoms with Crippen LogP contribution in [0, 0.1) is 11.6 Å². The molecule has 0 aliphatic carbocycles. The van der Waals surface area contributed by atoms with Crippen LogP contribution in [0.4, 0.5) is 8.78 Å². The minimum absolute atomic E-state index is 0.0410. The highest BCUT2D eigenvalue weighted by Crippen LogP contribution is 2.24. The van der Waals surface area contributed by atoms with Gasteiger partial charge in [-0.05, 0) is 30.7 Å². The van der Waals surface area contributed by atoms with Crippen molar-refractivity contribution in [3.63, 3.8) is 0 Å². The van der Waals surface area contributed by atoms with Gasteiger partial charge in [-0.15, -0.1) is 0 Å². The maximum absolute atomic E-state index is 13.1. The Bertz CT molecular complexity index is 586. The zero-order chi connectivity index (χ0) is 14.5. The Hall–Kier alpha value is -1.94. The fourth-order valence-electron chi connectivity index (χ4n) is 2.05. The Kier molecular flexibility index (Phi) is 4.69. The number of hydrogen-bond acceptors (Lipinski definition) is 2. The molecule has 0 amide bonds. The Labute approximate surface area is 117 Å². The Morgan fingerprint density at radius 1 is 1.10 bits per heavy atom. The number of benzene rings is 2. The van der Waals surface area contributed by atoms with Crippen LogP contribution in [0.1, 0.15) is 24.1 Å². The fourth-order valence-corrected chi connectivity index (χ4v) is 2.05. The van der Waals surface area contributed by atoms with Gasteiger partial charge in [0.2, 0.25) is 0 Å². The van der Waals surface area contributed by atoms with Gasteiger partial charge in [0.15, 0.2) is 11.6 Å². The first-order valence-corrected chi connectivity index (χ1v) is 6.42. The molecule has 2 aromatic rings. The van der Waals surface area contributed by atoms with Crippen molar-refractivity contribution in [1.82, 2.24) is 5.32 Å². The van der Waals surface area contributed by atoms with Crippen LogP contribution in [0.5, 0.6) is 5.75 Å². The molecule has 0 aromatic heterocycles. The number of rotatable bonds is 5. The first-order chi connectivity index (χ1) is 9.61. The van der Waals surface area contributed by atoms with Crippen molar-refractivity contribution in [3.8, 4) is 5.75 Å². The van der Waals surface area contributed by atoms with E-state index < -0.39 is 11.6 Å². The van der Waals surface area contributed by atoms with E-state index >= 15 is 0 Å². The average molecular weight is 277 g/mol. The minimum atomic E-state index is -0.827. The number of ether oxygens (including phenoxy) is 1. The van der Waals surface area contributed by atoms with Crippen molar-refractivity contribution >= 4 is 0 Å². The van der Waals surface area contributed by atoms with E-state index in [4.69, 9.17) is 4.74 Å². The van der Waals surface area contributed by atoms with Crippen LogP contribution in [0.2, 0.25) is 0 Å². The number of halogens is 2. The van der Waals surface area contributed by atoms with Crippen molar-refractivity contribution in [2.75, 3.05) is 7.11 Å². The summed E-state index contributed by atoms with van der Waals surface area (Å²) in [6, 6.07) is 11.7. The molecule has 2 rings (SSSR count). The third-order valence-electron chi connectivity index (χ3n) is 3.20. The van der Waals surface area contributed by atoms with E-state index in [0.29, 0.717) is 12.1 Å². The molecular formula is C16H17F2NO. The summed E-state index contributed by atoms with van der Waals surface area (Å²) in [6.07, 6.45) is 0. The van der Waals surface area contributed by atoms with Crippen LogP contribution < -0.4 is 10.1 Å². The maximum Gasteiger partial charge on any atom is 0.159 e. The molecule has 2 nitrogen and oxygen atoms in total. The second kappa shape index (κ2) is 6.48. The Balaban J connectivity index is 2.04. The lowest BCUT2D eigenvalue weighted by molar-refractivity contribution is 0.401. The molecule has 0 saturated heterocycles. The molecule has 20 heavy (non-hydrogen) atoms. The monoisotopic (exact) mass is 277 g/mol. The summed E-state index contributed by atoms with van der Waals surface area (Å²) in [4.78, 5) is 0. The van der Waals surface area contributed by atoms with Crippen LogP contribution in [0.25, 0.3) is 0 Å². The molecule has 106 valence electrons. The summed E-state index contributed by atoms with van der Waals surface area (Å²) in [5.41, 5.74) is 1.73. The molecule has 0 unspecified atom stereocenters. The van der Waals surface area contributed by atoms with Gasteiger partial charge in [-0.3, -0.25) is 0 Å². The van der Waals surface area contributed by atoms with Gasteiger partial charge >= 0.3 is 0 Å². The number of para-hydroxylation sites is 1. The summed E-state index contributed by atoms with van der Waals surface area (Å²) in [5, 5.41) is 3.27. The Morgan fingerprint density at radius 3 is 2.55 bits per heavy atom. The molecule has 1 N–H and O–H groups in total. The number of methoxy groups -OCH3 is 1. The fraction of sp³-hybridized carbons (Fsp3) is 0.250. The molecule has 0 radical (unpaired) electrons. The lowest BCUT2D eigenvalue weighted by Crippen LogP contribution is -2.18. The second-order valence-corrected chi connectivity index (χ2v) is 4.59. The van der Waals surface area contributed by atoms with Crippen molar-refractivity contribution in [2.45, 2.75) is 19.5 Å². The van der Waals surface area contributed by atoms with Crippen LogP contribution in [-0.2, 0) is 6.54 Å². The molecule has 4 heteroatoms. The first-order valence-electron chi connectivity index (χ1n) is 6.42. The van der Waals surface area contributed by atoms with Gasteiger partial charge in [0.1, 0.15) is 5.75 Å². The molecule has 0 aliphatic heterocycles. The summed E-state index contributed by atoms with van der Waals surface area (Å²) in [5.74, 6) is -0.849. The Morgan fingerprint density at radius 2 is 1.85 bits per heavy atom. The summed E-state index contributed by atoms with van der Waals surface area (Å²) in [7, 11) is 1.63. The van der Waals surface area contributed by atoms with Gasteiger partial charge in [-0.1, -0.05) is 24.3 Å². The molecular weight excluding hydrogens is 260 g/mol. The van der Waals surface area contributed by atoms with Gasteiger partial charge in [-0.2, -0.15) is 0 Å². The second-order valence-electron chi connectivity index (χ2n) is 4.59. The van der Waals surface area contributed by atoms with Crippen LogP contribution in [-0.4, -0.2) is 7.11 Å². The van der Waals surface area contributed by atoms with E-state index in [1.165, 1.54) is 6.07 Å². The zero-order valence-electron chi connectivity index (χ0n) is 11.5. The molecule has 0 fully saturated rings. The lowest BCUT2D eigenvalue weighted by atomic mass is 10.1. The van der Waals surface area contributed by atoms with Crippen molar-refractivity contribution in [3.05, 3.63) is 65.2 Å². The quantitative estimate of drug-likeness (QED) is 0.897. The highest BCUT2D eigenvalue weighted by molar-refractivity contribution is 5.35.